The van der Waals surface area contributed by atoms with Crippen LogP contribution in [0.15, 0.2) is 178 Å². The Hall–Kier alpha value is -13.1. The third-order valence-electron chi connectivity index (χ3n) is 27.6. The average molecular weight is 1820 g/mol. The van der Waals surface area contributed by atoms with Gasteiger partial charge in [0.2, 0.25) is 17.7 Å². The number of likely N-dealkylation sites (tertiary alicyclic amines) is 4. The number of nitrogens with one attached hydrogen (secondary N) is 3. The maximum atomic E-state index is 14.1. The summed E-state index contributed by atoms with van der Waals surface area (Å²) in [7, 11) is 7.23. The fraction of sp³-hybridized carbons (Fsp3) is 0.434. The number of carboxylic acid groups (broad SMARTS) is 1. The van der Waals surface area contributed by atoms with E-state index in [1.807, 2.05) is 113 Å². The van der Waals surface area contributed by atoms with Crippen molar-refractivity contribution in [1.82, 2.24) is 35.6 Å². The van der Waals surface area contributed by atoms with Gasteiger partial charge in [0.15, 0.2) is 6.04 Å². The number of fused-ring (bicyclic) bond motifs is 12. The molecule has 0 aromatic heterocycles. The average Bonchev–Trinajstić information content (AvgIpc) is 1.47. The summed E-state index contributed by atoms with van der Waals surface area (Å²) in [6.45, 7) is 22.9. The van der Waals surface area contributed by atoms with Crippen molar-refractivity contribution >= 4 is 115 Å². The third-order valence-corrected chi connectivity index (χ3v) is 27.6. The molecule has 0 bridgehead atoms. The molecule has 4 N–H and O–H groups in total. The van der Waals surface area contributed by atoms with Gasteiger partial charge in [-0.05, 0) is 229 Å². The Kier molecular flexibility index (Phi) is 28.1. The quantitative estimate of drug-likeness (QED) is 0.0486. The highest BCUT2D eigenvalue weighted by Crippen LogP contribution is 2.49. The second-order valence-corrected chi connectivity index (χ2v) is 38.4. The fourth-order valence-corrected chi connectivity index (χ4v) is 20.8. The minimum Gasteiger partial charge on any atom is -0.488 e. The summed E-state index contributed by atoms with van der Waals surface area (Å²) in [5.41, 5.74) is 20.2. The molecule has 12 atom stereocenters. The van der Waals surface area contributed by atoms with E-state index in [-0.39, 0.29) is 89.7 Å². The summed E-state index contributed by atoms with van der Waals surface area (Å²) in [6, 6.07) is 46.0. The zero-order valence-corrected chi connectivity index (χ0v) is 79.0. The number of rotatable bonds is 21. The van der Waals surface area contributed by atoms with E-state index >= 15 is 0 Å². The van der Waals surface area contributed by atoms with Gasteiger partial charge in [0, 0.05) is 123 Å². The van der Waals surface area contributed by atoms with Gasteiger partial charge >= 0.3 is 30.3 Å². The molecule has 8 aromatic carbocycles. The standard InChI is InChI=1S/C50H55N5O6.C46H55N5O7.C10H11NO4/c1-28(2)47(53-50(58)60-6)49(57)55-29(3)12-17-44(55)42-21-35(24-51-42)33-13-15-37-36(19-33)27-61-46-23-38-34(20-40(37)46)14-16-41-39(38)22-43(52-41)45-18-31(26-59-5)25-54(45)48(56)30(4)32-10-8-7-9-11-32;1-25(2)42(49-44(53)56-8)43(52)51-26(3)9-14-39(51)37-18-30(21-47-37)28-10-12-32-31(16-28)24-57-41-20-33-29(17-35(32)41)11-13-36-34(33)19-38(48-36)40-15-27(23-55-7)22-50(40)45(54)58-46(4,5)6;1-15-10(14)11-8(9(12)13)7-5-3-2-4-6-7/h7-11,13-16,19-20,23-24,28-31,44-45,47H,12,17-18,21-22,25-27H2,1-6H3,(H,53,58);10-13,16-17,20-21,25-27,39-40,42H,9,14-15,18-19,22-24H2,1-8H3,(H,49,53);2-6,8H,1H3,(H,11,14)(H,12,13)/t29-,30+,31-,44-,45-,47-;26-,27-,39-,40-,42-;8-/m001/s1. The number of aliphatic imine (C=N–C) groups is 4. The summed E-state index contributed by atoms with van der Waals surface area (Å²) in [6.07, 6.45) is 9.25. The maximum Gasteiger partial charge on any atom is 0.410 e. The minimum absolute atomic E-state index is 0.0355. The smallest absolute Gasteiger partial charge is 0.410 e. The van der Waals surface area contributed by atoms with Gasteiger partial charge in [-0.3, -0.25) is 39.3 Å². The number of carboxylic acids is 1. The molecular formula is C106H121N11O17. The lowest BCUT2D eigenvalue weighted by Crippen LogP contribution is -2.55. The zero-order valence-electron chi connectivity index (χ0n) is 79.0. The molecule has 10 aliphatic heterocycles. The molecule has 4 fully saturated rings. The summed E-state index contributed by atoms with van der Waals surface area (Å²) in [5.74, 6) is 0.526. The zero-order chi connectivity index (χ0) is 94.8. The van der Waals surface area contributed by atoms with E-state index in [1.54, 1.807) is 44.6 Å². The van der Waals surface area contributed by atoms with Crippen molar-refractivity contribution in [2.24, 2.45) is 43.6 Å². The Morgan fingerprint density at radius 3 is 1.34 bits per heavy atom. The molecule has 7 amide bonds. The van der Waals surface area contributed by atoms with Crippen LogP contribution >= 0.6 is 0 Å². The van der Waals surface area contributed by atoms with Crippen molar-refractivity contribution in [2.45, 2.75) is 213 Å². The van der Waals surface area contributed by atoms with Crippen LogP contribution in [0.1, 0.15) is 177 Å². The fourth-order valence-electron chi connectivity index (χ4n) is 20.8. The largest absolute Gasteiger partial charge is 0.488 e. The minimum atomic E-state index is -1.13. The monoisotopic (exact) mass is 1820 g/mol. The lowest BCUT2D eigenvalue weighted by atomic mass is 9.89. The first-order chi connectivity index (χ1) is 64.4. The van der Waals surface area contributed by atoms with Crippen LogP contribution in [0.4, 0.5) is 30.6 Å². The Bertz CT molecular complexity index is 6090. The van der Waals surface area contributed by atoms with Crippen molar-refractivity contribution in [3.05, 3.63) is 203 Å². The Labute approximate surface area is 782 Å². The highest BCUT2D eigenvalue weighted by molar-refractivity contribution is 6.10. The van der Waals surface area contributed by atoms with Crippen LogP contribution in [-0.4, -0.2) is 211 Å². The van der Waals surface area contributed by atoms with Gasteiger partial charge in [0.1, 0.15) is 42.4 Å². The molecule has 134 heavy (non-hydrogen) atoms. The number of carbonyl (C=O) groups excluding carboxylic acids is 7. The predicted octanol–water partition coefficient (Wildman–Crippen LogP) is 18.1. The van der Waals surface area contributed by atoms with E-state index in [1.165, 1.54) is 26.9 Å². The Morgan fingerprint density at radius 2 is 0.910 bits per heavy atom. The second kappa shape index (κ2) is 40.0. The van der Waals surface area contributed by atoms with Crippen molar-refractivity contribution < 1.29 is 81.4 Å². The van der Waals surface area contributed by atoms with Gasteiger partial charge in [-0.25, -0.2) is 24.0 Å². The van der Waals surface area contributed by atoms with Crippen LogP contribution in [-0.2, 0) is 73.7 Å². The van der Waals surface area contributed by atoms with Gasteiger partial charge in [-0.2, -0.15) is 0 Å². The van der Waals surface area contributed by atoms with Crippen molar-refractivity contribution in [3.63, 3.8) is 0 Å². The second-order valence-electron chi connectivity index (χ2n) is 38.4. The number of amides is 7. The lowest BCUT2D eigenvalue weighted by molar-refractivity contribution is -0.139. The molecule has 18 rings (SSSR count). The van der Waals surface area contributed by atoms with Gasteiger partial charge in [0.05, 0.1) is 76.0 Å². The van der Waals surface area contributed by atoms with E-state index in [2.05, 4.69) is 124 Å². The number of carbonyl (C=O) groups is 8. The van der Waals surface area contributed by atoms with Crippen molar-refractivity contribution in [1.29, 1.82) is 0 Å². The topological polar surface area (TPSA) is 329 Å². The number of hydrogen-bond donors (Lipinski definition) is 4. The predicted molar refractivity (Wildman–Crippen MR) is 515 cm³/mol. The summed E-state index contributed by atoms with van der Waals surface area (Å²) in [5, 5.41) is 21.1. The molecule has 0 radical (unpaired) electrons. The molecule has 28 heteroatoms. The van der Waals surface area contributed by atoms with Gasteiger partial charge in [0.25, 0.3) is 0 Å². The first kappa shape index (κ1) is 94.1. The molecule has 4 saturated heterocycles. The van der Waals surface area contributed by atoms with Crippen LogP contribution in [0, 0.1) is 23.7 Å². The first-order valence-corrected chi connectivity index (χ1v) is 46.6. The molecule has 28 nitrogen and oxygen atoms in total. The Balaban J connectivity index is 0.000000169. The van der Waals surface area contributed by atoms with E-state index in [9.17, 15) is 38.4 Å². The van der Waals surface area contributed by atoms with Crippen LogP contribution in [0.3, 0.4) is 0 Å². The number of methoxy groups -OCH3 is 5. The molecule has 702 valence electrons. The van der Waals surface area contributed by atoms with Gasteiger partial charge in [-0.1, -0.05) is 125 Å². The molecule has 10 aliphatic rings. The highest BCUT2D eigenvalue weighted by Gasteiger charge is 2.48. The number of allylic oxidation sites excluding steroid dienone is 2. The first-order valence-electron chi connectivity index (χ1n) is 46.6. The van der Waals surface area contributed by atoms with Gasteiger partial charge < -0.3 is 73.7 Å². The van der Waals surface area contributed by atoms with Gasteiger partial charge in [-0.15, -0.1) is 0 Å². The van der Waals surface area contributed by atoms with Crippen molar-refractivity contribution in [3.8, 4) is 33.8 Å². The number of benzene rings is 8. The summed E-state index contributed by atoms with van der Waals surface area (Å²) >= 11 is 0. The van der Waals surface area contributed by atoms with E-state index < -0.39 is 48.0 Å². The molecule has 0 saturated carbocycles. The highest BCUT2D eigenvalue weighted by atomic mass is 16.6. The van der Waals surface area contributed by atoms with Crippen LogP contribution in [0.25, 0.3) is 54.9 Å². The molecule has 0 spiro atoms. The number of alkyl carbamates (subject to hydrolysis) is 3. The normalized spacial score (nSPS) is 21.4. The number of aliphatic carboxylic acids is 1. The number of ether oxygens (including phenoxy) is 8. The van der Waals surface area contributed by atoms with E-state index in [4.69, 9.17) is 58.2 Å². The molecule has 0 unspecified atom stereocenters. The summed E-state index contributed by atoms with van der Waals surface area (Å²) < 4.78 is 43.9. The SMILES string of the molecule is COC(=O)N[C@@H](C(=O)O)c1ccccc1.COC[C@H]1C[C@@H](C2=Nc3ccc4cc5c(cc4c3C2)OCc2cc(C3=CN=C([C@@H]4CC[C@H](C)N4C(=O)[C@@H](NC(=O)OC)C(C)C)C3)ccc2-5)N(C(=O)OC(C)(C)C)C1.COC[C@H]1C[C@@H](C2=Nc3ccc4cc5c(cc4c3C2)OCc2cc(C3=CN=C([C@@H]4CC[C@H](C)N4C(=O)[C@@H](NC(=O)OC)C(C)C)C3)ccc2-5)N(C(=O)[C@H](C)c2ccccc2)C1. The van der Waals surface area contributed by atoms with E-state index in [0.29, 0.717) is 70.8 Å². The molecule has 10 heterocycles. The third kappa shape index (κ3) is 19.7. The number of hydrogen-bond acceptors (Lipinski definition) is 20. The summed E-state index contributed by atoms with van der Waals surface area (Å²) in [4.78, 5) is 129. The van der Waals surface area contributed by atoms with Crippen molar-refractivity contribution in [2.75, 3.05) is 61.9 Å². The maximum absolute atomic E-state index is 14.1. The molecular weight excluding hydrogens is 1700 g/mol. The molecule has 0 aliphatic carbocycles. The molecule has 8 aromatic rings. The number of nitrogens with zero attached hydrogens (tertiary/aromatic N) is 8. The van der Waals surface area contributed by atoms with E-state index in [0.717, 1.165) is 173 Å². The van der Waals surface area contributed by atoms with Crippen LogP contribution in [0.5, 0.6) is 11.5 Å². The van der Waals surface area contributed by atoms with Crippen LogP contribution in [0.2, 0.25) is 0 Å². The lowest BCUT2D eigenvalue weighted by Gasteiger charge is -2.33. The Morgan fingerprint density at radius 1 is 0.478 bits per heavy atom. The van der Waals surface area contributed by atoms with Crippen LogP contribution < -0.4 is 25.4 Å².